The van der Waals surface area contributed by atoms with Gasteiger partial charge in [0.15, 0.2) is 5.69 Å². The maximum absolute atomic E-state index is 12.5. The van der Waals surface area contributed by atoms with Crippen molar-refractivity contribution in [2.75, 3.05) is 11.9 Å². The summed E-state index contributed by atoms with van der Waals surface area (Å²) in [5, 5.41) is 12.1. The maximum Gasteiger partial charge on any atom is 0.410 e. The Morgan fingerprint density at radius 3 is 2.52 bits per heavy atom. The van der Waals surface area contributed by atoms with E-state index in [0.717, 1.165) is 32.2 Å². The van der Waals surface area contributed by atoms with E-state index < -0.39 is 5.60 Å². The Balaban J connectivity index is 1.54. The van der Waals surface area contributed by atoms with Crippen molar-refractivity contribution in [3.8, 4) is 6.07 Å². The van der Waals surface area contributed by atoms with Crippen molar-refractivity contribution in [2.45, 2.75) is 64.1 Å². The summed E-state index contributed by atoms with van der Waals surface area (Å²) >= 11 is 0. The average molecular weight is 343 g/mol. The van der Waals surface area contributed by atoms with Crippen molar-refractivity contribution in [2.24, 2.45) is 5.92 Å². The number of rotatable bonds is 3. The van der Waals surface area contributed by atoms with E-state index in [4.69, 9.17) is 10.00 Å². The number of fused-ring (bicyclic) bond motifs is 2. The van der Waals surface area contributed by atoms with Crippen molar-refractivity contribution in [1.29, 1.82) is 5.26 Å². The third-order valence-corrected chi connectivity index (χ3v) is 4.77. The molecule has 134 valence electrons. The van der Waals surface area contributed by atoms with Gasteiger partial charge in [-0.25, -0.2) is 14.8 Å². The molecule has 2 unspecified atom stereocenters. The predicted octanol–water partition coefficient (Wildman–Crippen LogP) is 2.94. The van der Waals surface area contributed by atoms with E-state index in [0.29, 0.717) is 17.4 Å². The Bertz CT molecular complexity index is 648. The van der Waals surface area contributed by atoms with Crippen LogP contribution in [0.25, 0.3) is 0 Å². The van der Waals surface area contributed by atoms with Crippen LogP contribution in [0.15, 0.2) is 12.4 Å². The molecule has 2 bridgehead atoms. The smallest absolute Gasteiger partial charge is 0.410 e. The molecule has 2 fully saturated rings. The van der Waals surface area contributed by atoms with Crippen LogP contribution in [-0.4, -0.2) is 45.2 Å². The Labute approximate surface area is 148 Å². The van der Waals surface area contributed by atoms with E-state index in [1.165, 1.54) is 6.20 Å². The molecule has 3 rings (SSSR count). The standard InChI is InChI=1S/C18H25N5O2/c1-18(2,3)25-17(24)23-14-4-5-15(23)7-12(6-14)9-21-16-11-20-13(8-19)10-22-16/h10-12,14-15H,4-7,9H2,1-3H3,(H,21,22). The molecule has 3 heterocycles. The summed E-state index contributed by atoms with van der Waals surface area (Å²) in [7, 11) is 0. The van der Waals surface area contributed by atoms with E-state index in [2.05, 4.69) is 15.3 Å². The number of ether oxygens (including phenoxy) is 1. The predicted molar refractivity (Wildman–Crippen MR) is 92.8 cm³/mol. The lowest BCUT2D eigenvalue weighted by Crippen LogP contribution is -2.49. The average Bonchev–Trinajstić information content (AvgIpc) is 2.83. The topological polar surface area (TPSA) is 91.1 Å². The summed E-state index contributed by atoms with van der Waals surface area (Å²) in [6.45, 7) is 6.52. The van der Waals surface area contributed by atoms with Crippen LogP contribution in [0.5, 0.6) is 0 Å². The highest BCUT2D eigenvalue weighted by molar-refractivity contribution is 5.69. The monoisotopic (exact) mass is 343 g/mol. The minimum Gasteiger partial charge on any atom is -0.444 e. The molecule has 7 nitrogen and oxygen atoms in total. The molecule has 1 aromatic heterocycles. The van der Waals surface area contributed by atoms with Crippen molar-refractivity contribution >= 4 is 11.9 Å². The number of nitrogens with one attached hydrogen (secondary N) is 1. The summed E-state index contributed by atoms with van der Waals surface area (Å²) in [5.74, 6) is 1.18. The van der Waals surface area contributed by atoms with Gasteiger partial charge in [-0.3, -0.25) is 0 Å². The summed E-state index contributed by atoms with van der Waals surface area (Å²) in [6.07, 6.45) is 6.94. The molecule has 2 saturated heterocycles. The molecule has 1 N–H and O–H groups in total. The van der Waals surface area contributed by atoms with Crippen molar-refractivity contribution < 1.29 is 9.53 Å². The number of anilines is 1. The van der Waals surface area contributed by atoms with Crippen LogP contribution in [0.2, 0.25) is 0 Å². The van der Waals surface area contributed by atoms with Crippen LogP contribution in [0.4, 0.5) is 10.6 Å². The first-order chi connectivity index (χ1) is 11.9. The van der Waals surface area contributed by atoms with E-state index in [1.807, 2.05) is 31.7 Å². The van der Waals surface area contributed by atoms with E-state index in [1.54, 1.807) is 6.20 Å². The van der Waals surface area contributed by atoms with Gasteiger partial charge in [0.25, 0.3) is 0 Å². The number of carbonyl (C=O) groups excluding carboxylic acids is 1. The first kappa shape index (κ1) is 17.5. The van der Waals surface area contributed by atoms with Gasteiger partial charge < -0.3 is 15.0 Å². The normalized spacial score (nSPS) is 25.4. The Hall–Kier alpha value is -2.36. The number of amides is 1. The maximum atomic E-state index is 12.5. The molecule has 25 heavy (non-hydrogen) atoms. The zero-order valence-corrected chi connectivity index (χ0v) is 15.0. The molecule has 0 radical (unpaired) electrons. The Morgan fingerprint density at radius 2 is 2.00 bits per heavy atom. The quantitative estimate of drug-likeness (QED) is 0.907. The van der Waals surface area contributed by atoms with E-state index in [9.17, 15) is 4.79 Å². The second-order valence-electron chi connectivity index (χ2n) is 7.89. The van der Waals surface area contributed by atoms with Crippen molar-refractivity contribution in [1.82, 2.24) is 14.9 Å². The lowest BCUT2D eigenvalue weighted by atomic mass is 9.91. The van der Waals surface area contributed by atoms with Crippen LogP contribution < -0.4 is 5.32 Å². The highest BCUT2D eigenvalue weighted by Gasteiger charge is 2.44. The van der Waals surface area contributed by atoms with Gasteiger partial charge in [0.1, 0.15) is 17.5 Å². The molecular formula is C18H25N5O2. The zero-order valence-electron chi connectivity index (χ0n) is 15.0. The fourth-order valence-electron chi connectivity index (χ4n) is 3.80. The van der Waals surface area contributed by atoms with Gasteiger partial charge in [0.05, 0.1) is 12.4 Å². The van der Waals surface area contributed by atoms with Gasteiger partial charge in [-0.1, -0.05) is 0 Å². The molecule has 2 aliphatic heterocycles. The van der Waals surface area contributed by atoms with E-state index in [-0.39, 0.29) is 18.2 Å². The first-order valence-corrected chi connectivity index (χ1v) is 8.83. The van der Waals surface area contributed by atoms with Crippen molar-refractivity contribution in [3.05, 3.63) is 18.1 Å². The minimum absolute atomic E-state index is 0.177. The molecule has 2 aliphatic rings. The van der Waals surface area contributed by atoms with Crippen LogP contribution in [0.3, 0.4) is 0 Å². The third-order valence-electron chi connectivity index (χ3n) is 4.77. The fourth-order valence-corrected chi connectivity index (χ4v) is 3.80. The Kier molecular flexibility index (Phi) is 4.80. The van der Waals surface area contributed by atoms with E-state index >= 15 is 0 Å². The van der Waals surface area contributed by atoms with Crippen LogP contribution >= 0.6 is 0 Å². The van der Waals surface area contributed by atoms with Gasteiger partial charge in [-0.2, -0.15) is 5.26 Å². The van der Waals surface area contributed by atoms with Gasteiger partial charge in [0.2, 0.25) is 0 Å². The Morgan fingerprint density at radius 1 is 1.32 bits per heavy atom. The summed E-state index contributed by atoms with van der Waals surface area (Å²) in [6, 6.07) is 2.50. The first-order valence-electron chi connectivity index (χ1n) is 8.83. The van der Waals surface area contributed by atoms with Crippen LogP contribution in [0.1, 0.15) is 52.1 Å². The van der Waals surface area contributed by atoms with Gasteiger partial charge >= 0.3 is 6.09 Å². The number of carbonyl (C=O) groups is 1. The molecule has 0 aliphatic carbocycles. The van der Waals surface area contributed by atoms with Gasteiger partial charge in [0, 0.05) is 18.6 Å². The van der Waals surface area contributed by atoms with Gasteiger partial charge in [-0.15, -0.1) is 0 Å². The second kappa shape index (κ2) is 6.87. The zero-order chi connectivity index (χ0) is 18.0. The molecular weight excluding hydrogens is 318 g/mol. The fraction of sp³-hybridized carbons (Fsp3) is 0.667. The highest BCUT2D eigenvalue weighted by Crippen LogP contribution is 2.39. The molecule has 7 heteroatoms. The second-order valence-corrected chi connectivity index (χ2v) is 7.89. The van der Waals surface area contributed by atoms with Crippen molar-refractivity contribution in [3.63, 3.8) is 0 Å². The van der Waals surface area contributed by atoms with Crippen LogP contribution in [0, 0.1) is 17.2 Å². The number of nitrogens with zero attached hydrogens (tertiary/aromatic N) is 4. The van der Waals surface area contributed by atoms with Crippen LogP contribution in [-0.2, 0) is 4.74 Å². The SMILES string of the molecule is CC(C)(C)OC(=O)N1C2CCC1CC(CNc1cnc(C#N)cn1)C2. The summed E-state index contributed by atoms with van der Waals surface area (Å²) in [5.41, 5.74) is -0.141. The number of hydrogen-bond acceptors (Lipinski definition) is 6. The van der Waals surface area contributed by atoms with Gasteiger partial charge in [-0.05, 0) is 52.4 Å². The minimum atomic E-state index is -0.455. The summed E-state index contributed by atoms with van der Waals surface area (Å²) in [4.78, 5) is 22.6. The molecule has 0 aromatic carbocycles. The highest BCUT2D eigenvalue weighted by atomic mass is 16.6. The number of piperidine rings is 1. The lowest BCUT2D eigenvalue weighted by Gasteiger charge is -2.39. The molecule has 1 amide bonds. The number of aromatic nitrogens is 2. The largest absolute Gasteiger partial charge is 0.444 e. The number of nitriles is 1. The number of hydrogen-bond donors (Lipinski definition) is 1. The molecule has 2 atom stereocenters. The third kappa shape index (κ3) is 4.19. The molecule has 0 spiro atoms. The summed E-state index contributed by atoms with van der Waals surface area (Å²) < 4.78 is 5.57. The lowest BCUT2D eigenvalue weighted by molar-refractivity contribution is 0.00283. The molecule has 0 saturated carbocycles. The molecule has 1 aromatic rings.